The third kappa shape index (κ3) is 5.90. The highest BCUT2D eigenvalue weighted by atomic mass is 16.6. The fourth-order valence-electron chi connectivity index (χ4n) is 7.72. The number of fused-ring (bicyclic) bond motifs is 8. The van der Waals surface area contributed by atoms with E-state index in [1.807, 2.05) is 18.2 Å². The van der Waals surface area contributed by atoms with Gasteiger partial charge in [-0.1, -0.05) is 115 Å². The van der Waals surface area contributed by atoms with Gasteiger partial charge in [0.1, 0.15) is 0 Å². The number of hydrogen-bond acceptors (Lipinski definition) is 4. The van der Waals surface area contributed by atoms with Crippen LogP contribution in [0.15, 0.2) is 140 Å². The lowest BCUT2D eigenvalue weighted by Crippen LogP contribution is -2.40. The van der Waals surface area contributed by atoms with Crippen LogP contribution >= 0.6 is 0 Å². The minimum absolute atomic E-state index is 0.353. The molecular formula is C47H35BN4O2. The van der Waals surface area contributed by atoms with Crippen LogP contribution in [-0.2, 0) is 9.31 Å². The molecule has 6 nitrogen and oxygen atoms in total. The van der Waals surface area contributed by atoms with Gasteiger partial charge >= 0.3 is 7.12 Å². The molecule has 3 aliphatic rings. The molecule has 0 unspecified atom stereocenters. The highest BCUT2D eigenvalue weighted by molar-refractivity contribution is 6.61. The SMILES string of the molecule is C1=Cc2nc1c(-c1ccccc1)c1ccc([nH]1)c(-c1ccccc1)c1nc(c(-c3ccc(B4OCCCO4)cc3)c3ccc([nH]3)c2-c2ccccc2)C=C1. The molecule has 0 aliphatic carbocycles. The zero-order chi connectivity index (χ0) is 35.8. The summed E-state index contributed by atoms with van der Waals surface area (Å²) >= 11 is 0. The zero-order valence-electron chi connectivity index (χ0n) is 29.5. The van der Waals surface area contributed by atoms with E-state index in [9.17, 15) is 0 Å². The van der Waals surface area contributed by atoms with Crippen molar-refractivity contribution >= 4 is 59.0 Å². The van der Waals surface area contributed by atoms with Gasteiger partial charge in [0.15, 0.2) is 0 Å². The summed E-state index contributed by atoms with van der Waals surface area (Å²) in [4.78, 5) is 18.4. The fraction of sp³-hybridized carbons (Fsp3) is 0.0638. The maximum Gasteiger partial charge on any atom is 0.493 e. The number of hydrogen-bond donors (Lipinski definition) is 2. The highest BCUT2D eigenvalue weighted by Gasteiger charge is 2.25. The molecule has 7 aromatic rings. The molecule has 7 heteroatoms. The lowest BCUT2D eigenvalue weighted by Gasteiger charge is -2.20. The van der Waals surface area contributed by atoms with Crippen LogP contribution in [0.2, 0.25) is 0 Å². The number of nitrogens with one attached hydrogen (secondary N) is 2. The number of aromatic amines is 2. The van der Waals surface area contributed by atoms with E-state index in [2.05, 4.69) is 156 Å². The second-order valence-electron chi connectivity index (χ2n) is 13.6. The van der Waals surface area contributed by atoms with E-state index in [-0.39, 0.29) is 7.12 Å². The van der Waals surface area contributed by atoms with Gasteiger partial charge in [-0.15, -0.1) is 0 Å². The maximum atomic E-state index is 5.93. The Hall–Kier alpha value is -6.54. The Balaban J connectivity index is 1.32. The molecule has 3 aromatic heterocycles. The Morgan fingerprint density at radius 3 is 1.07 bits per heavy atom. The van der Waals surface area contributed by atoms with Crippen molar-refractivity contribution in [2.45, 2.75) is 6.42 Å². The van der Waals surface area contributed by atoms with Crippen molar-refractivity contribution in [2.75, 3.05) is 13.2 Å². The Bertz CT molecular complexity index is 2690. The standard InChI is InChI=1S/C47H35BN4O2/c1-4-11-31(12-5-1)44-36-21-23-38(49-36)45(32-13-6-2-7-14-32)40-25-27-42(51-40)47(34-17-19-35(20-18-34)48-53-29-10-30-54-48)43-28-26-41(52-43)46(33-15-8-3-9-16-33)39-24-22-37(44)50-39/h1-9,11-28,49,52H,10,29-30H2. The van der Waals surface area contributed by atoms with Crippen molar-refractivity contribution in [1.82, 2.24) is 19.9 Å². The van der Waals surface area contributed by atoms with Gasteiger partial charge in [-0.2, -0.15) is 0 Å². The van der Waals surface area contributed by atoms with Gasteiger partial charge in [0, 0.05) is 57.5 Å². The van der Waals surface area contributed by atoms with Crippen LogP contribution in [0.5, 0.6) is 0 Å². The summed E-state index contributed by atoms with van der Waals surface area (Å²) in [5.41, 5.74) is 16.8. The van der Waals surface area contributed by atoms with Crippen molar-refractivity contribution in [3.63, 3.8) is 0 Å². The minimum atomic E-state index is -0.353. The molecular weight excluding hydrogens is 663 g/mol. The molecule has 8 bridgehead atoms. The fourth-order valence-corrected chi connectivity index (χ4v) is 7.72. The first kappa shape index (κ1) is 32.1. The second-order valence-corrected chi connectivity index (χ2v) is 13.6. The van der Waals surface area contributed by atoms with Crippen molar-refractivity contribution in [2.24, 2.45) is 0 Å². The molecule has 1 fully saturated rings. The normalized spacial score (nSPS) is 13.7. The number of benzene rings is 4. The van der Waals surface area contributed by atoms with Gasteiger partial charge in [-0.25, -0.2) is 9.97 Å². The van der Waals surface area contributed by atoms with E-state index >= 15 is 0 Å². The minimum Gasteiger partial charge on any atom is -0.407 e. The van der Waals surface area contributed by atoms with Gasteiger partial charge in [-0.05, 0) is 82.7 Å². The lowest BCUT2D eigenvalue weighted by molar-refractivity contribution is 0.143. The molecule has 6 heterocycles. The molecule has 54 heavy (non-hydrogen) atoms. The first-order chi connectivity index (χ1) is 26.8. The number of H-pyrrole nitrogens is 2. The molecule has 3 aliphatic heterocycles. The predicted molar refractivity (Wildman–Crippen MR) is 223 cm³/mol. The average molecular weight is 699 g/mol. The topological polar surface area (TPSA) is 75.8 Å². The lowest BCUT2D eigenvalue weighted by atomic mass is 9.77. The summed E-state index contributed by atoms with van der Waals surface area (Å²) < 4.78 is 11.9. The molecule has 0 amide bonds. The zero-order valence-corrected chi connectivity index (χ0v) is 29.5. The number of nitrogens with zero attached hydrogens (tertiary/aromatic N) is 2. The van der Waals surface area contributed by atoms with Crippen molar-refractivity contribution in [3.05, 3.63) is 162 Å². The van der Waals surface area contributed by atoms with E-state index < -0.39 is 0 Å². The van der Waals surface area contributed by atoms with Crippen molar-refractivity contribution in [3.8, 4) is 44.5 Å². The number of rotatable bonds is 5. The summed E-state index contributed by atoms with van der Waals surface area (Å²) in [5, 5.41) is 0. The quantitative estimate of drug-likeness (QED) is 0.176. The van der Waals surface area contributed by atoms with E-state index in [4.69, 9.17) is 19.3 Å². The molecule has 2 N–H and O–H groups in total. The van der Waals surface area contributed by atoms with Crippen LogP contribution in [0, 0.1) is 0 Å². The van der Waals surface area contributed by atoms with Crippen LogP contribution in [0.4, 0.5) is 0 Å². The Morgan fingerprint density at radius 2 is 0.722 bits per heavy atom. The summed E-state index contributed by atoms with van der Waals surface area (Å²) in [6, 6.07) is 48.6. The summed E-state index contributed by atoms with van der Waals surface area (Å²) in [6.07, 6.45) is 9.44. The van der Waals surface area contributed by atoms with Crippen LogP contribution in [-0.4, -0.2) is 40.3 Å². The van der Waals surface area contributed by atoms with E-state index in [1.54, 1.807) is 0 Å². The summed E-state index contributed by atoms with van der Waals surface area (Å²) in [7, 11) is -0.353. The van der Waals surface area contributed by atoms with Gasteiger partial charge in [0.2, 0.25) is 0 Å². The van der Waals surface area contributed by atoms with Gasteiger partial charge in [0.25, 0.3) is 0 Å². The van der Waals surface area contributed by atoms with Crippen LogP contribution in [0.3, 0.4) is 0 Å². The third-order valence-corrected chi connectivity index (χ3v) is 10.2. The van der Waals surface area contributed by atoms with Gasteiger partial charge in [-0.3, -0.25) is 0 Å². The molecule has 0 saturated carbocycles. The van der Waals surface area contributed by atoms with Crippen LogP contribution < -0.4 is 5.46 Å². The van der Waals surface area contributed by atoms with E-state index in [0.717, 1.165) is 101 Å². The Morgan fingerprint density at radius 1 is 0.389 bits per heavy atom. The predicted octanol–water partition coefficient (Wildman–Crippen LogP) is 10.5. The summed E-state index contributed by atoms with van der Waals surface area (Å²) in [6.45, 7) is 1.40. The van der Waals surface area contributed by atoms with Gasteiger partial charge in [0.05, 0.1) is 22.8 Å². The first-order valence-electron chi connectivity index (χ1n) is 18.4. The third-order valence-electron chi connectivity index (χ3n) is 10.2. The molecule has 10 rings (SSSR count). The van der Waals surface area contributed by atoms with Crippen molar-refractivity contribution in [1.29, 1.82) is 0 Å². The van der Waals surface area contributed by atoms with Crippen molar-refractivity contribution < 1.29 is 9.31 Å². The summed E-state index contributed by atoms with van der Waals surface area (Å²) in [5.74, 6) is 0. The Labute approximate surface area is 313 Å². The molecule has 0 radical (unpaired) electrons. The second kappa shape index (κ2) is 13.8. The largest absolute Gasteiger partial charge is 0.493 e. The number of aromatic nitrogens is 4. The Kier molecular flexibility index (Phi) is 8.21. The monoisotopic (exact) mass is 698 g/mol. The van der Waals surface area contributed by atoms with Crippen LogP contribution in [0.1, 0.15) is 29.2 Å². The molecule has 0 atom stereocenters. The molecule has 258 valence electrons. The van der Waals surface area contributed by atoms with Crippen LogP contribution in [0.25, 0.3) is 90.9 Å². The van der Waals surface area contributed by atoms with E-state index in [0.29, 0.717) is 13.2 Å². The highest BCUT2D eigenvalue weighted by Crippen LogP contribution is 2.38. The average Bonchev–Trinajstić information content (AvgIpc) is 4.08. The maximum absolute atomic E-state index is 5.93. The van der Waals surface area contributed by atoms with Gasteiger partial charge < -0.3 is 19.3 Å². The molecule has 4 aromatic carbocycles. The van der Waals surface area contributed by atoms with E-state index in [1.165, 1.54) is 0 Å². The molecule has 1 saturated heterocycles. The molecule has 0 spiro atoms. The first-order valence-corrected chi connectivity index (χ1v) is 18.4. The smallest absolute Gasteiger partial charge is 0.407 e.